The second-order valence-electron chi connectivity index (χ2n) is 7.28. The number of aromatic nitrogens is 2. The number of thiophene rings is 2. The van der Waals surface area contributed by atoms with E-state index >= 15 is 0 Å². The summed E-state index contributed by atoms with van der Waals surface area (Å²) < 4.78 is 35.5. The highest BCUT2D eigenvalue weighted by atomic mass is 32.2. The van der Waals surface area contributed by atoms with Crippen molar-refractivity contribution in [1.29, 1.82) is 0 Å². The van der Waals surface area contributed by atoms with Crippen LogP contribution in [0.1, 0.15) is 43.5 Å². The van der Waals surface area contributed by atoms with E-state index in [2.05, 4.69) is 52.3 Å². The molecule has 0 aliphatic heterocycles. The number of aryl methyl sites for hydroxylation is 1. The fourth-order valence-corrected chi connectivity index (χ4v) is 7.52. The van der Waals surface area contributed by atoms with Crippen molar-refractivity contribution in [2.45, 2.75) is 44.9 Å². The highest BCUT2D eigenvalue weighted by Crippen LogP contribution is 2.41. The minimum Gasteiger partial charge on any atom is -0.504 e. The zero-order chi connectivity index (χ0) is 22.8. The fraction of sp³-hybridized carbons (Fsp3) is 0.474. The van der Waals surface area contributed by atoms with Crippen LogP contribution in [0.3, 0.4) is 0 Å². The Morgan fingerprint density at radius 2 is 1.84 bits per heavy atom. The number of sulfonamides is 1. The van der Waals surface area contributed by atoms with Gasteiger partial charge >= 0.3 is 0 Å². The lowest BCUT2D eigenvalue weighted by molar-refractivity contribution is 0.434. The molecule has 0 saturated heterocycles. The van der Waals surface area contributed by atoms with Crippen LogP contribution in [0.2, 0.25) is 0 Å². The average Bonchev–Trinajstić information content (AvgIpc) is 3.42. The molecule has 0 aliphatic carbocycles. The molecule has 0 fully saturated rings. The molecule has 0 radical (unpaired) electrons. The zero-order valence-electron chi connectivity index (χ0n) is 18.0. The highest BCUT2D eigenvalue weighted by Gasteiger charge is 2.29. The molecule has 31 heavy (non-hydrogen) atoms. The van der Waals surface area contributed by atoms with Gasteiger partial charge in [-0.1, -0.05) is 27.7 Å². The lowest BCUT2D eigenvalue weighted by Crippen LogP contribution is -2.30. The van der Waals surface area contributed by atoms with E-state index in [0.717, 1.165) is 23.1 Å². The summed E-state index contributed by atoms with van der Waals surface area (Å²) in [5.41, 5.74) is 0.291. The fourth-order valence-electron chi connectivity index (χ4n) is 3.11. The molecule has 1 atom stereocenters. The molecule has 3 heterocycles. The van der Waals surface area contributed by atoms with Gasteiger partial charge in [0, 0.05) is 28.2 Å². The Kier molecular flexibility index (Phi) is 7.58. The van der Waals surface area contributed by atoms with Crippen LogP contribution < -0.4 is 10.6 Å². The highest BCUT2D eigenvalue weighted by molar-refractivity contribution is 7.91. The van der Waals surface area contributed by atoms with Crippen LogP contribution in [-0.4, -0.2) is 39.7 Å². The maximum atomic E-state index is 12.8. The van der Waals surface area contributed by atoms with Crippen molar-refractivity contribution in [3.05, 3.63) is 27.3 Å². The standard InChI is InChI=1S/C19H27N5O3S4/c1-6-24(7-2)31(26,27)19-16(25)13(10-28-19)20-17-18(23-30-22-17)21-15(11(3)4)14-9-8-12(5)29-14/h8-11,15,25H,6-7H2,1-5H3,(H,20,22)(H,21,23)/t15-/m1/s1. The summed E-state index contributed by atoms with van der Waals surface area (Å²) in [7, 11) is -3.75. The minimum absolute atomic E-state index is 0.0535. The van der Waals surface area contributed by atoms with Gasteiger partial charge in [0.15, 0.2) is 21.6 Å². The zero-order valence-corrected chi connectivity index (χ0v) is 21.3. The minimum atomic E-state index is -3.75. The van der Waals surface area contributed by atoms with Gasteiger partial charge in [0.25, 0.3) is 10.0 Å². The quantitative estimate of drug-likeness (QED) is 0.348. The van der Waals surface area contributed by atoms with Crippen molar-refractivity contribution < 1.29 is 13.5 Å². The molecule has 170 valence electrons. The molecule has 3 aromatic heterocycles. The summed E-state index contributed by atoms with van der Waals surface area (Å²) in [6.07, 6.45) is 0. The molecular weight excluding hydrogens is 475 g/mol. The third kappa shape index (κ3) is 5.03. The summed E-state index contributed by atoms with van der Waals surface area (Å²) in [6.45, 7) is 10.5. The predicted octanol–water partition coefficient (Wildman–Crippen LogP) is 5.26. The summed E-state index contributed by atoms with van der Waals surface area (Å²) in [4.78, 5) is 2.44. The van der Waals surface area contributed by atoms with Crippen LogP contribution in [-0.2, 0) is 10.0 Å². The molecule has 3 aromatic rings. The first kappa shape index (κ1) is 23.9. The molecule has 0 bridgehead atoms. The van der Waals surface area contributed by atoms with E-state index in [-0.39, 0.29) is 16.0 Å². The van der Waals surface area contributed by atoms with Crippen molar-refractivity contribution in [2.75, 3.05) is 23.7 Å². The van der Waals surface area contributed by atoms with E-state index in [1.807, 2.05) is 0 Å². The lowest BCUT2D eigenvalue weighted by atomic mass is 10.0. The number of aromatic hydroxyl groups is 1. The van der Waals surface area contributed by atoms with Gasteiger partial charge in [0.05, 0.1) is 23.5 Å². The lowest BCUT2D eigenvalue weighted by Gasteiger charge is -2.21. The first-order valence-corrected chi connectivity index (χ1v) is 13.8. The Morgan fingerprint density at radius 3 is 2.42 bits per heavy atom. The Morgan fingerprint density at radius 1 is 1.16 bits per heavy atom. The number of anilines is 3. The van der Waals surface area contributed by atoms with Crippen LogP contribution in [0, 0.1) is 12.8 Å². The molecular formula is C19H27N5O3S4. The maximum Gasteiger partial charge on any atom is 0.256 e. The number of hydrogen-bond donors (Lipinski definition) is 3. The Balaban J connectivity index is 1.85. The third-order valence-electron chi connectivity index (χ3n) is 4.78. The van der Waals surface area contributed by atoms with Crippen molar-refractivity contribution in [3.63, 3.8) is 0 Å². The molecule has 0 unspecified atom stereocenters. The van der Waals surface area contributed by atoms with Crippen molar-refractivity contribution >= 4 is 61.7 Å². The second-order valence-corrected chi connectivity index (χ2v) is 12.1. The summed E-state index contributed by atoms with van der Waals surface area (Å²) >= 11 is 3.76. The molecule has 3 N–H and O–H groups in total. The summed E-state index contributed by atoms with van der Waals surface area (Å²) in [5, 5.41) is 18.7. The average molecular weight is 502 g/mol. The molecule has 8 nitrogen and oxygen atoms in total. The smallest absolute Gasteiger partial charge is 0.256 e. The Hall–Kier alpha value is -1.73. The largest absolute Gasteiger partial charge is 0.504 e. The number of nitrogens with zero attached hydrogens (tertiary/aromatic N) is 3. The van der Waals surface area contributed by atoms with E-state index in [9.17, 15) is 13.5 Å². The van der Waals surface area contributed by atoms with Crippen LogP contribution >= 0.6 is 34.4 Å². The molecule has 0 saturated carbocycles. The summed E-state index contributed by atoms with van der Waals surface area (Å²) in [6, 6.07) is 4.26. The second kappa shape index (κ2) is 9.82. The van der Waals surface area contributed by atoms with Crippen molar-refractivity contribution in [1.82, 2.24) is 13.1 Å². The van der Waals surface area contributed by atoms with Crippen LogP contribution in [0.25, 0.3) is 0 Å². The van der Waals surface area contributed by atoms with Crippen molar-refractivity contribution in [2.24, 2.45) is 5.92 Å². The van der Waals surface area contributed by atoms with Crippen LogP contribution in [0.4, 0.5) is 17.3 Å². The summed E-state index contributed by atoms with van der Waals surface area (Å²) in [5.74, 6) is 1.02. The SMILES string of the molecule is CCN(CC)S(=O)(=O)c1scc(Nc2nsnc2N[C@@H](c2ccc(C)s2)C(C)C)c1O. The molecule has 0 aromatic carbocycles. The van der Waals surface area contributed by atoms with Gasteiger partial charge < -0.3 is 15.7 Å². The van der Waals surface area contributed by atoms with Crippen LogP contribution in [0.15, 0.2) is 21.7 Å². The number of nitrogens with one attached hydrogen (secondary N) is 2. The van der Waals surface area contributed by atoms with Gasteiger partial charge in [0.2, 0.25) is 0 Å². The first-order valence-electron chi connectivity index (χ1n) is 9.92. The molecule has 12 heteroatoms. The van der Waals surface area contributed by atoms with E-state index in [0.29, 0.717) is 36.3 Å². The molecule has 0 amide bonds. The normalized spacial score (nSPS) is 13.1. The van der Waals surface area contributed by atoms with E-state index < -0.39 is 10.0 Å². The van der Waals surface area contributed by atoms with Gasteiger partial charge in [-0.05, 0) is 25.0 Å². The van der Waals surface area contributed by atoms with Gasteiger partial charge in [0.1, 0.15) is 0 Å². The molecule has 3 rings (SSSR count). The maximum absolute atomic E-state index is 12.8. The molecule has 0 aliphatic rings. The monoisotopic (exact) mass is 501 g/mol. The predicted molar refractivity (Wildman–Crippen MR) is 130 cm³/mol. The van der Waals surface area contributed by atoms with Gasteiger partial charge in [-0.2, -0.15) is 13.1 Å². The Bertz CT molecular complexity index is 1120. The molecule has 0 spiro atoms. The van der Waals surface area contributed by atoms with E-state index in [1.54, 1.807) is 30.6 Å². The first-order chi connectivity index (χ1) is 14.7. The van der Waals surface area contributed by atoms with Crippen LogP contribution in [0.5, 0.6) is 5.75 Å². The number of hydrogen-bond acceptors (Lipinski definition) is 10. The number of rotatable bonds is 10. The topological polar surface area (TPSA) is 107 Å². The van der Waals surface area contributed by atoms with E-state index in [1.165, 1.54) is 14.1 Å². The van der Waals surface area contributed by atoms with Crippen molar-refractivity contribution in [3.8, 4) is 5.75 Å². The Labute approximate surface area is 195 Å². The van der Waals surface area contributed by atoms with E-state index in [4.69, 9.17) is 0 Å². The van der Waals surface area contributed by atoms with Gasteiger partial charge in [-0.3, -0.25) is 0 Å². The van der Waals surface area contributed by atoms with Gasteiger partial charge in [-0.15, -0.1) is 22.7 Å². The van der Waals surface area contributed by atoms with Gasteiger partial charge in [-0.25, -0.2) is 8.42 Å². The third-order valence-corrected chi connectivity index (χ3v) is 9.93.